The Morgan fingerprint density at radius 3 is 2.62 bits per heavy atom. The molecule has 0 spiro atoms. The molecule has 1 N–H and O–H groups in total. The van der Waals surface area contributed by atoms with Crippen LogP contribution in [-0.2, 0) is 24.6 Å². The molecule has 3 aliphatic rings. The lowest BCUT2D eigenvalue weighted by Gasteiger charge is -2.21. The van der Waals surface area contributed by atoms with Crippen LogP contribution in [-0.4, -0.2) is 48.7 Å². The summed E-state index contributed by atoms with van der Waals surface area (Å²) in [5.41, 5.74) is 2.02. The van der Waals surface area contributed by atoms with Crippen LogP contribution in [0, 0.1) is 11.7 Å². The van der Waals surface area contributed by atoms with Crippen LogP contribution in [0.15, 0.2) is 41.4 Å². The number of hydrogen-bond donors (Lipinski definition) is 1. The van der Waals surface area contributed by atoms with Gasteiger partial charge < -0.3 is 23.9 Å². The largest absolute Gasteiger partial charge is 0.481 e. The van der Waals surface area contributed by atoms with Gasteiger partial charge in [-0.15, -0.1) is 0 Å². The van der Waals surface area contributed by atoms with Crippen LogP contribution in [0.5, 0.6) is 5.88 Å². The van der Waals surface area contributed by atoms with Gasteiger partial charge >= 0.3 is 6.18 Å². The number of methoxy groups -OCH3 is 1. The third-order valence-corrected chi connectivity index (χ3v) is 7.51. The highest BCUT2D eigenvalue weighted by Gasteiger charge is 2.38. The van der Waals surface area contributed by atoms with E-state index < -0.39 is 17.7 Å². The van der Waals surface area contributed by atoms with Crippen molar-refractivity contribution >= 4 is 22.5 Å². The van der Waals surface area contributed by atoms with Crippen molar-refractivity contribution in [3.8, 4) is 17.4 Å². The smallest absolute Gasteiger partial charge is 0.434 e. The van der Waals surface area contributed by atoms with Crippen molar-refractivity contribution in [1.82, 2.24) is 34.4 Å². The van der Waals surface area contributed by atoms with Crippen LogP contribution < -0.4 is 10.1 Å². The molecule has 0 saturated heterocycles. The number of imidazole rings is 1. The SMILES string of the molecule is COC1=NCNC(C2CC2)=C1c1nc(OCc2cnc(-c3nc(C(F)(F)F)cn3C3CC3)c(F)c2)c2c(ccn2C)n1. The zero-order valence-electron chi connectivity index (χ0n) is 22.7. The first-order chi connectivity index (χ1) is 20.2. The second kappa shape index (κ2) is 9.81. The molecule has 14 heteroatoms. The normalized spacial score (nSPS) is 17.4. The molecule has 0 bridgehead atoms. The number of pyridine rings is 1. The standard InChI is InChI=1S/C28H26F4N8O2/c1-39-8-7-18-23(39)27(38-24(36-18)20-21(15-3-4-15)34-13-35-26(20)41-2)42-12-14-9-17(29)22(33-10-14)25-37-19(28(30,31)32)11-40(25)16-5-6-16/h7-11,15-16,34H,3-6,12-13H2,1-2H3. The Kier molecular flexibility index (Phi) is 6.17. The Bertz CT molecular complexity index is 1770. The lowest BCUT2D eigenvalue weighted by molar-refractivity contribution is -0.140. The zero-order valence-corrected chi connectivity index (χ0v) is 22.7. The number of fused-ring (bicyclic) bond motifs is 1. The molecule has 0 unspecified atom stereocenters. The molecule has 0 aromatic carbocycles. The summed E-state index contributed by atoms with van der Waals surface area (Å²) < 4.78 is 70.2. The molecule has 0 amide bonds. The molecule has 4 aromatic rings. The number of aryl methyl sites for hydroxylation is 1. The van der Waals surface area contributed by atoms with Gasteiger partial charge in [-0.3, -0.25) is 0 Å². The molecule has 2 saturated carbocycles. The average Bonchev–Trinajstić information content (AvgIpc) is 3.91. The van der Waals surface area contributed by atoms with E-state index in [1.807, 2.05) is 23.9 Å². The molecule has 2 fully saturated rings. The van der Waals surface area contributed by atoms with E-state index in [-0.39, 0.29) is 30.0 Å². The highest BCUT2D eigenvalue weighted by molar-refractivity contribution is 6.20. The number of hydrogen-bond acceptors (Lipinski definition) is 8. The van der Waals surface area contributed by atoms with Gasteiger partial charge in [0.05, 0.1) is 12.6 Å². The van der Waals surface area contributed by atoms with Crippen molar-refractivity contribution < 1.29 is 27.0 Å². The van der Waals surface area contributed by atoms with E-state index in [4.69, 9.17) is 19.4 Å². The molecule has 42 heavy (non-hydrogen) atoms. The van der Waals surface area contributed by atoms with Gasteiger partial charge in [-0.2, -0.15) is 18.2 Å². The summed E-state index contributed by atoms with van der Waals surface area (Å²) in [5, 5.41) is 3.34. The number of aromatic nitrogens is 6. The number of ether oxygens (including phenoxy) is 2. The van der Waals surface area contributed by atoms with Gasteiger partial charge in [0.15, 0.2) is 23.2 Å². The molecule has 0 atom stereocenters. The quantitative estimate of drug-likeness (QED) is 0.305. The molecule has 10 nitrogen and oxygen atoms in total. The van der Waals surface area contributed by atoms with E-state index in [9.17, 15) is 13.2 Å². The Balaban J connectivity index is 1.20. The minimum Gasteiger partial charge on any atom is -0.481 e. The number of nitrogens with one attached hydrogen (secondary N) is 1. The maximum atomic E-state index is 15.3. The van der Waals surface area contributed by atoms with E-state index >= 15 is 4.39 Å². The average molecular weight is 583 g/mol. The molecule has 0 radical (unpaired) electrons. The number of alkyl halides is 3. The van der Waals surface area contributed by atoms with E-state index in [2.05, 4.69) is 20.3 Å². The first kappa shape index (κ1) is 26.4. The monoisotopic (exact) mass is 582 g/mol. The lowest BCUT2D eigenvalue weighted by atomic mass is 10.1. The Hall–Kier alpha value is -4.49. The highest BCUT2D eigenvalue weighted by atomic mass is 19.4. The molecule has 1 aliphatic heterocycles. The van der Waals surface area contributed by atoms with Crippen molar-refractivity contribution in [1.29, 1.82) is 0 Å². The molecule has 4 aromatic heterocycles. The number of nitrogens with zero attached hydrogens (tertiary/aromatic N) is 7. The Morgan fingerprint density at radius 2 is 1.93 bits per heavy atom. The molecule has 2 aliphatic carbocycles. The highest BCUT2D eigenvalue weighted by Crippen LogP contribution is 2.42. The van der Waals surface area contributed by atoms with Gasteiger partial charge in [0.25, 0.3) is 0 Å². The fourth-order valence-electron chi connectivity index (χ4n) is 5.16. The number of aliphatic imine (C=N–C) groups is 1. The minimum absolute atomic E-state index is 0.0934. The van der Waals surface area contributed by atoms with E-state index in [0.29, 0.717) is 59.3 Å². The van der Waals surface area contributed by atoms with Gasteiger partial charge in [-0.1, -0.05) is 0 Å². The summed E-state index contributed by atoms with van der Waals surface area (Å²) in [5.74, 6) is 0.530. The van der Waals surface area contributed by atoms with Crippen LogP contribution in [0.3, 0.4) is 0 Å². The predicted molar refractivity (Wildman–Crippen MR) is 144 cm³/mol. The van der Waals surface area contributed by atoms with E-state index in [1.165, 1.54) is 16.8 Å². The summed E-state index contributed by atoms with van der Waals surface area (Å²) in [4.78, 5) is 21.8. The molecule has 5 heterocycles. The zero-order chi connectivity index (χ0) is 29.2. The number of allylic oxidation sites excluding steroid dienone is 1. The van der Waals surface area contributed by atoms with Crippen molar-refractivity contribution in [3.63, 3.8) is 0 Å². The molecule has 218 valence electrons. The summed E-state index contributed by atoms with van der Waals surface area (Å²) >= 11 is 0. The van der Waals surface area contributed by atoms with Crippen molar-refractivity contribution in [3.05, 3.63) is 59.3 Å². The van der Waals surface area contributed by atoms with Gasteiger partial charge in [-0.25, -0.2) is 24.3 Å². The number of rotatable bonds is 7. The van der Waals surface area contributed by atoms with E-state index in [1.54, 1.807) is 7.11 Å². The van der Waals surface area contributed by atoms with Crippen LogP contribution >= 0.6 is 0 Å². The fourth-order valence-corrected chi connectivity index (χ4v) is 5.16. The van der Waals surface area contributed by atoms with Crippen LogP contribution in [0.4, 0.5) is 17.6 Å². The van der Waals surface area contributed by atoms with Crippen LogP contribution in [0.1, 0.15) is 48.8 Å². The first-order valence-corrected chi connectivity index (χ1v) is 13.5. The van der Waals surface area contributed by atoms with Crippen molar-refractivity contribution in [2.24, 2.45) is 18.0 Å². The first-order valence-electron chi connectivity index (χ1n) is 13.5. The number of halogens is 4. The summed E-state index contributed by atoms with van der Waals surface area (Å²) in [6, 6.07) is 2.89. The van der Waals surface area contributed by atoms with Crippen LogP contribution in [0.25, 0.3) is 28.1 Å². The van der Waals surface area contributed by atoms with E-state index in [0.717, 1.165) is 24.7 Å². The lowest BCUT2D eigenvalue weighted by Crippen LogP contribution is -2.27. The maximum Gasteiger partial charge on any atom is 0.434 e. The maximum absolute atomic E-state index is 15.3. The topological polar surface area (TPSA) is 104 Å². The second-order valence-electron chi connectivity index (χ2n) is 10.6. The minimum atomic E-state index is -4.64. The second-order valence-corrected chi connectivity index (χ2v) is 10.6. The Labute approximate surface area is 237 Å². The fraction of sp³-hybridized carbons (Fsp3) is 0.393. The van der Waals surface area contributed by atoms with Gasteiger partial charge in [0.1, 0.15) is 30.1 Å². The van der Waals surface area contributed by atoms with Crippen molar-refractivity contribution in [2.45, 2.75) is 44.5 Å². The third-order valence-electron chi connectivity index (χ3n) is 7.51. The van der Waals surface area contributed by atoms with Gasteiger partial charge in [0.2, 0.25) is 11.8 Å². The summed E-state index contributed by atoms with van der Waals surface area (Å²) in [6.07, 6.45) is 3.00. The van der Waals surface area contributed by atoms with Crippen molar-refractivity contribution in [2.75, 3.05) is 13.8 Å². The third kappa shape index (κ3) is 4.73. The van der Waals surface area contributed by atoms with Gasteiger partial charge in [0, 0.05) is 42.9 Å². The molecular formula is C28H26F4N8O2. The van der Waals surface area contributed by atoms with Gasteiger partial charge in [-0.05, 0) is 43.7 Å². The Morgan fingerprint density at radius 1 is 1.12 bits per heavy atom. The summed E-state index contributed by atoms with van der Waals surface area (Å²) in [7, 11) is 3.39. The molecule has 7 rings (SSSR count). The molecular weight excluding hydrogens is 556 g/mol. The summed E-state index contributed by atoms with van der Waals surface area (Å²) in [6.45, 7) is 0.312. The predicted octanol–water partition coefficient (Wildman–Crippen LogP) is 5.03. The van der Waals surface area contributed by atoms with Crippen LogP contribution in [0.2, 0.25) is 0 Å².